The van der Waals surface area contributed by atoms with Gasteiger partial charge in [0.05, 0.1) is 11.8 Å². The number of amidine groups is 1. The normalized spacial score (nSPS) is 19.3. The van der Waals surface area contributed by atoms with Crippen molar-refractivity contribution in [3.63, 3.8) is 0 Å². The van der Waals surface area contributed by atoms with Gasteiger partial charge in [-0.2, -0.15) is 10.2 Å². The van der Waals surface area contributed by atoms with Crippen LogP contribution >= 0.6 is 0 Å². The average Bonchev–Trinajstić information content (AvgIpc) is 3.40. The van der Waals surface area contributed by atoms with Crippen molar-refractivity contribution in [1.82, 2.24) is 20.0 Å². The highest BCUT2D eigenvalue weighted by molar-refractivity contribution is 6.07. The molecule has 4 rings (SSSR count). The number of hydrogen-bond acceptors (Lipinski definition) is 4. The molecule has 3 aromatic rings. The Morgan fingerprint density at radius 2 is 2.03 bits per heavy atom. The van der Waals surface area contributed by atoms with E-state index in [1.54, 1.807) is 17.8 Å². The Kier molecular flexibility index (Phi) is 5.45. The van der Waals surface area contributed by atoms with Crippen molar-refractivity contribution >= 4 is 11.7 Å². The van der Waals surface area contributed by atoms with Crippen LogP contribution in [0.15, 0.2) is 48.1 Å². The molecule has 3 N–H and O–H groups in total. The number of aromatic amines is 1. The first-order valence-electron chi connectivity index (χ1n) is 9.63. The van der Waals surface area contributed by atoms with E-state index in [2.05, 4.69) is 32.2 Å². The maximum absolute atomic E-state index is 13.6. The third-order valence-electron chi connectivity index (χ3n) is 5.19. The second kappa shape index (κ2) is 8.19. The first-order chi connectivity index (χ1) is 14.4. The van der Waals surface area contributed by atoms with E-state index in [0.717, 1.165) is 24.6 Å². The number of H-pyrrole nitrogens is 1. The van der Waals surface area contributed by atoms with Gasteiger partial charge in [-0.1, -0.05) is 6.58 Å². The first kappa shape index (κ1) is 20.0. The van der Waals surface area contributed by atoms with Crippen LogP contribution in [0.25, 0.3) is 11.3 Å². The maximum Gasteiger partial charge on any atom is 0.157 e. The van der Waals surface area contributed by atoms with Crippen molar-refractivity contribution in [2.75, 3.05) is 5.32 Å². The van der Waals surface area contributed by atoms with Crippen molar-refractivity contribution in [3.05, 3.63) is 66.1 Å². The van der Waals surface area contributed by atoms with E-state index in [1.807, 2.05) is 6.07 Å². The van der Waals surface area contributed by atoms with Crippen molar-refractivity contribution in [3.8, 4) is 11.3 Å². The van der Waals surface area contributed by atoms with Gasteiger partial charge in [-0.05, 0) is 37.5 Å². The van der Waals surface area contributed by atoms with Gasteiger partial charge in [0.1, 0.15) is 17.3 Å². The Morgan fingerprint density at radius 3 is 2.70 bits per heavy atom. The fourth-order valence-corrected chi connectivity index (χ4v) is 3.76. The van der Waals surface area contributed by atoms with Crippen molar-refractivity contribution < 1.29 is 13.9 Å². The van der Waals surface area contributed by atoms with Crippen LogP contribution in [0.3, 0.4) is 0 Å². The van der Waals surface area contributed by atoms with Gasteiger partial charge in [0.2, 0.25) is 0 Å². The van der Waals surface area contributed by atoms with E-state index in [4.69, 9.17) is 0 Å². The van der Waals surface area contributed by atoms with Crippen LogP contribution in [0.1, 0.15) is 36.6 Å². The van der Waals surface area contributed by atoms with Crippen LogP contribution in [0.2, 0.25) is 0 Å². The number of aliphatic hydroxyl groups is 1. The molecule has 1 aromatic carbocycles. The van der Waals surface area contributed by atoms with Gasteiger partial charge in [-0.3, -0.25) is 9.78 Å². The number of rotatable bonds is 5. The number of halogens is 2. The number of benzene rings is 1. The lowest BCUT2D eigenvalue weighted by molar-refractivity contribution is 0.181. The first-order valence-corrected chi connectivity index (χ1v) is 9.63. The van der Waals surface area contributed by atoms with Crippen LogP contribution < -0.4 is 5.32 Å². The quantitative estimate of drug-likeness (QED) is 0.440. The SMILES string of the molecule is C=CN=C(Nc1cc(C2CCC(O)C2)[nH]n1)c1cc(-c2cc(F)cc(F)c2)nn1C. The summed E-state index contributed by atoms with van der Waals surface area (Å²) in [7, 11) is 1.71. The molecule has 0 saturated heterocycles. The van der Waals surface area contributed by atoms with Gasteiger partial charge in [-0.25, -0.2) is 13.8 Å². The Morgan fingerprint density at radius 1 is 1.27 bits per heavy atom. The Labute approximate surface area is 172 Å². The summed E-state index contributed by atoms with van der Waals surface area (Å²) in [5.74, 6) is -0.0963. The summed E-state index contributed by atoms with van der Waals surface area (Å²) < 4.78 is 28.7. The second-order valence-corrected chi connectivity index (χ2v) is 7.35. The van der Waals surface area contributed by atoms with Gasteiger partial charge in [0.25, 0.3) is 0 Å². The Balaban J connectivity index is 1.60. The van der Waals surface area contributed by atoms with E-state index in [0.29, 0.717) is 35.0 Å². The van der Waals surface area contributed by atoms with Crippen LogP contribution in [0.4, 0.5) is 14.6 Å². The van der Waals surface area contributed by atoms with Crippen LogP contribution in [0.5, 0.6) is 0 Å². The molecule has 1 aliphatic carbocycles. The third kappa shape index (κ3) is 4.16. The molecule has 156 valence electrons. The molecule has 0 radical (unpaired) electrons. The molecule has 0 amide bonds. The largest absolute Gasteiger partial charge is 0.393 e. The summed E-state index contributed by atoms with van der Waals surface area (Å²) in [6.07, 6.45) is 3.52. The number of nitrogens with zero attached hydrogens (tertiary/aromatic N) is 4. The minimum Gasteiger partial charge on any atom is -0.393 e. The lowest BCUT2D eigenvalue weighted by Crippen LogP contribution is -2.17. The van der Waals surface area contributed by atoms with Crippen molar-refractivity contribution in [2.24, 2.45) is 12.0 Å². The summed E-state index contributed by atoms with van der Waals surface area (Å²) in [6, 6.07) is 6.84. The van der Waals surface area contributed by atoms with Gasteiger partial charge in [0, 0.05) is 42.6 Å². The highest BCUT2D eigenvalue weighted by Crippen LogP contribution is 2.34. The molecule has 1 fully saturated rings. The molecule has 1 saturated carbocycles. The monoisotopic (exact) mass is 412 g/mol. The molecule has 30 heavy (non-hydrogen) atoms. The molecule has 0 bridgehead atoms. The van der Waals surface area contributed by atoms with Crippen LogP contribution in [0, 0.1) is 11.6 Å². The van der Waals surface area contributed by atoms with Crippen LogP contribution in [-0.4, -0.2) is 37.0 Å². The molecule has 2 atom stereocenters. The van der Waals surface area contributed by atoms with Gasteiger partial charge >= 0.3 is 0 Å². The summed E-state index contributed by atoms with van der Waals surface area (Å²) in [6.45, 7) is 3.65. The maximum atomic E-state index is 13.6. The summed E-state index contributed by atoms with van der Waals surface area (Å²) in [5, 5.41) is 24.6. The fraction of sp³-hybridized carbons (Fsp3) is 0.286. The lowest BCUT2D eigenvalue weighted by atomic mass is 10.0. The molecular formula is C21H22F2N6O. The molecule has 1 aliphatic rings. The van der Waals surface area contributed by atoms with Crippen molar-refractivity contribution in [1.29, 1.82) is 0 Å². The van der Waals surface area contributed by atoms with Crippen molar-refractivity contribution in [2.45, 2.75) is 31.3 Å². The minimum atomic E-state index is -0.670. The standard InChI is InChI=1S/C21H22F2N6O/c1-3-24-21(25-20-11-17(26-27-20)12-4-5-16(30)8-12)19-10-18(28-29(19)2)13-6-14(22)9-15(23)7-13/h3,6-7,9-12,16,30H,1,4-5,8H2,2H3,(H2,24,25,26,27). The summed E-state index contributed by atoms with van der Waals surface area (Å²) in [4.78, 5) is 4.28. The number of nitrogens with one attached hydrogen (secondary N) is 2. The highest BCUT2D eigenvalue weighted by Gasteiger charge is 2.26. The number of aromatic nitrogens is 4. The molecule has 0 aliphatic heterocycles. The zero-order valence-electron chi connectivity index (χ0n) is 16.4. The second-order valence-electron chi connectivity index (χ2n) is 7.35. The van der Waals surface area contributed by atoms with E-state index in [1.165, 1.54) is 18.3 Å². The summed E-state index contributed by atoms with van der Waals surface area (Å²) >= 11 is 0. The van der Waals surface area contributed by atoms with Gasteiger partial charge in [-0.15, -0.1) is 0 Å². The third-order valence-corrected chi connectivity index (χ3v) is 5.19. The number of aliphatic hydroxyl groups excluding tert-OH is 1. The molecule has 2 aromatic heterocycles. The molecule has 2 heterocycles. The molecule has 2 unspecified atom stereocenters. The van der Waals surface area contributed by atoms with Gasteiger partial charge < -0.3 is 10.4 Å². The zero-order valence-corrected chi connectivity index (χ0v) is 16.4. The number of hydrogen-bond donors (Lipinski definition) is 3. The smallest absolute Gasteiger partial charge is 0.157 e. The minimum absolute atomic E-state index is 0.244. The highest BCUT2D eigenvalue weighted by atomic mass is 19.1. The van der Waals surface area contributed by atoms with E-state index in [-0.39, 0.29) is 12.0 Å². The fourth-order valence-electron chi connectivity index (χ4n) is 3.76. The molecule has 0 spiro atoms. The van der Waals surface area contributed by atoms with E-state index >= 15 is 0 Å². The van der Waals surface area contributed by atoms with Crippen LogP contribution in [-0.2, 0) is 7.05 Å². The number of aryl methyl sites for hydroxylation is 1. The predicted octanol–water partition coefficient (Wildman–Crippen LogP) is 3.72. The molecule has 9 heteroatoms. The van der Waals surface area contributed by atoms with Gasteiger partial charge in [0.15, 0.2) is 11.7 Å². The lowest BCUT2D eigenvalue weighted by Gasteiger charge is -2.07. The zero-order chi connectivity index (χ0) is 21.3. The van der Waals surface area contributed by atoms with E-state index < -0.39 is 11.6 Å². The molecule has 7 nitrogen and oxygen atoms in total. The number of anilines is 1. The predicted molar refractivity (Wildman–Crippen MR) is 110 cm³/mol. The number of aliphatic imine (C=N–C) groups is 1. The Bertz CT molecular complexity index is 1080. The average molecular weight is 412 g/mol. The van der Waals surface area contributed by atoms with E-state index in [9.17, 15) is 13.9 Å². The Hall–Kier alpha value is -3.33. The molecular weight excluding hydrogens is 390 g/mol. The summed E-state index contributed by atoms with van der Waals surface area (Å²) in [5.41, 5.74) is 2.28. The topological polar surface area (TPSA) is 91.1 Å².